The quantitative estimate of drug-likeness (QED) is 0.699. The molecule has 0 saturated heterocycles. The van der Waals surface area contributed by atoms with Gasteiger partial charge in [0.2, 0.25) is 5.91 Å². The lowest BCUT2D eigenvalue weighted by Crippen LogP contribution is -2.30. The summed E-state index contributed by atoms with van der Waals surface area (Å²) in [6.45, 7) is 0.629. The van der Waals surface area contributed by atoms with Crippen molar-refractivity contribution in [3.63, 3.8) is 0 Å². The van der Waals surface area contributed by atoms with E-state index in [-0.39, 0.29) is 22.3 Å². The number of nitrogens with zero attached hydrogens (tertiary/aromatic N) is 1. The lowest BCUT2D eigenvalue weighted by Gasteiger charge is -2.17. The van der Waals surface area contributed by atoms with Crippen LogP contribution in [0, 0.1) is 5.92 Å². The van der Waals surface area contributed by atoms with Gasteiger partial charge in [0.1, 0.15) is 0 Å². The second kappa shape index (κ2) is 5.96. The molecule has 9 heteroatoms. The highest BCUT2D eigenvalue weighted by Crippen LogP contribution is 2.37. The molecule has 1 aliphatic heterocycles. The van der Waals surface area contributed by atoms with Crippen molar-refractivity contribution in [2.45, 2.75) is 24.2 Å². The van der Waals surface area contributed by atoms with Gasteiger partial charge in [0.15, 0.2) is 5.58 Å². The molecule has 0 unspecified atom stereocenters. The molecule has 0 spiro atoms. The molecule has 8 nitrogen and oxygen atoms in total. The summed E-state index contributed by atoms with van der Waals surface area (Å²) in [6.07, 6.45) is 2.60. The van der Waals surface area contributed by atoms with E-state index in [1.165, 1.54) is 18.2 Å². The molecule has 0 radical (unpaired) electrons. The Morgan fingerprint density at radius 3 is 2.79 bits per heavy atom. The van der Waals surface area contributed by atoms with Gasteiger partial charge in [-0.1, -0.05) is 0 Å². The van der Waals surface area contributed by atoms with Gasteiger partial charge >= 0.3 is 5.76 Å². The van der Waals surface area contributed by atoms with Crippen molar-refractivity contribution in [1.29, 1.82) is 0 Å². The summed E-state index contributed by atoms with van der Waals surface area (Å²) in [5.74, 6) is -0.331. The van der Waals surface area contributed by atoms with Crippen molar-refractivity contribution in [3.05, 3.63) is 52.5 Å². The molecule has 1 amide bonds. The van der Waals surface area contributed by atoms with Crippen LogP contribution in [0.15, 0.2) is 50.5 Å². The first-order chi connectivity index (χ1) is 13.4. The Morgan fingerprint density at radius 2 is 2.00 bits per heavy atom. The molecule has 5 rings (SSSR count). The third-order valence-electron chi connectivity index (χ3n) is 5.12. The van der Waals surface area contributed by atoms with Crippen LogP contribution in [0.1, 0.15) is 18.4 Å². The van der Waals surface area contributed by atoms with Crippen LogP contribution >= 0.6 is 0 Å². The maximum absolute atomic E-state index is 12.7. The van der Waals surface area contributed by atoms with E-state index in [1.54, 1.807) is 23.1 Å². The molecule has 1 aromatic heterocycles. The van der Waals surface area contributed by atoms with Gasteiger partial charge in [-0.2, -0.15) is 0 Å². The average molecular weight is 399 g/mol. The molecule has 1 fully saturated rings. The van der Waals surface area contributed by atoms with Crippen molar-refractivity contribution < 1.29 is 17.6 Å². The van der Waals surface area contributed by atoms with Gasteiger partial charge in [0.05, 0.1) is 10.4 Å². The zero-order valence-corrected chi connectivity index (χ0v) is 15.6. The fraction of sp³-hybridized carbons (Fsp3) is 0.263. The van der Waals surface area contributed by atoms with E-state index in [0.29, 0.717) is 24.2 Å². The van der Waals surface area contributed by atoms with Crippen LogP contribution in [0.25, 0.3) is 11.1 Å². The summed E-state index contributed by atoms with van der Waals surface area (Å²) in [7, 11) is -3.85. The fourth-order valence-electron chi connectivity index (χ4n) is 3.55. The number of rotatable bonds is 4. The predicted molar refractivity (Wildman–Crippen MR) is 103 cm³/mol. The van der Waals surface area contributed by atoms with Gasteiger partial charge in [-0.3, -0.25) is 14.5 Å². The van der Waals surface area contributed by atoms with E-state index in [2.05, 4.69) is 9.71 Å². The lowest BCUT2D eigenvalue weighted by molar-refractivity contribution is -0.119. The summed E-state index contributed by atoms with van der Waals surface area (Å²) >= 11 is 0. The molecule has 1 saturated carbocycles. The Balaban J connectivity index is 1.42. The summed E-state index contributed by atoms with van der Waals surface area (Å²) < 4.78 is 32.9. The van der Waals surface area contributed by atoms with Gasteiger partial charge in [-0.25, -0.2) is 13.2 Å². The zero-order chi connectivity index (χ0) is 19.5. The van der Waals surface area contributed by atoms with Crippen molar-refractivity contribution >= 4 is 38.4 Å². The number of amides is 1. The Morgan fingerprint density at radius 1 is 1.18 bits per heavy atom. The second-order valence-electron chi connectivity index (χ2n) is 7.14. The first-order valence-electron chi connectivity index (χ1n) is 9.01. The van der Waals surface area contributed by atoms with Gasteiger partial charge in [0.25, 0.3) is 10.0 Å². The first kappa shape index (κ1) is 17.1. The number of carbonyl (C=O) groups is 1. The number of oxazole rings is 1. The van der Waals surface area contributed by atoms with E-state index < -0.39 is 15.8 Å². The Bertz CT molecular complexity index is 1270. The van der Waals surface area contributed by atoms with E-state index in [9.17, 15) is 18.0 Å². The monoisotopic (exact) mass is 399 g/mol. The van der Waals surface area contributed by atoms with Crippen molar-refractivity contribution in [2.75, 3.05) is 16.2 Å². The fourth-order valence-corrected chi connectivity index (χ4v) is 4.62. The lowest BCUT2D eigenvalue weighted by atomic mass is 10.1. The largest absolute Gasteiger partial charge is 0.417 e. The standard InChI is InChI=1S/C19H17N3O5S/c23-18(11-1-2-11)22-8-7-12-9-13(3-6-16(12)22)21-28(25,26)14-4-5-15-17(10-14)27-19(24)20-15/h3-6,9-11,21H,1-2,7-8H2,(H,20,24). The number of H-pyrrole nitrogens is 1. The minimum atomic E-state index is -3.85. The van der Waals surface area contributed by atoms with Crippen molar-refractivity contribution in [3.8, 4) is 0 Å². The summed E-state index contributed by atoms with van der Waals surface area (Å²) in [6, 6.07) is 9.40. The highest BCUT2D eigenvalue weighted by Gasteiger charge is 2.36. The molecular weight excluding hydrogens is 382 g/mol. The summed E-state index contributed by atoms with van der Waals surface area (Å²) in [5, 5.41) is 0. The van der Waals surface area contributed by atoms with Crippen LogP contribution in [0.5, 0.6) is 0 Å². The first-order valence-corrected chi connectivity index (χ1v) is 10.5. The van der Waals surface area contributed by atoms with E-state index in [1.807, 2.05) is 0 Å². The number of nitrogens with one attached hydrogen (secondary N) is 2. The van der Waals surface area contributed by atoms with Gasteiger partial charge in [-0.15, -0.1) is 0 Å². The summed E-state index contributed by atoms with van der Waals surface area (Å²) in [4.78, 5) is 27.9. The number of fused-ring (bicyclic) bond motifs is 2. The number of hydrogen-bond acceptors (Lipinski definition) is 5. The number of aromatic nitrogens is 1. The van der Waals surface area contributed by atoms with Crippen molar-refractivity contribution in [2.24, 2.45) is 5.92 Å². The number of sulfonamides is 1. The van der Waals surface area contributed by atoms with Crippen LogP contribution in [0.3, 0.4) is 0 Å². The third-order valence-corrected chi connectivity index (χ3v) is 6.50. The van der Waals surface area contributed by atoms with E-state index in [0.717, 1.165) is 24.1 Å². The average Bonchev–Trinajstić information content (AvgIpc) is 3.31. The van der Waals surface area contributed by atoms with Gasteiger partial charge in [-0.05, 0) is 55.2 Å². The predicted octanol–water partition coefficient (Wildman–Crippen LogP) is 2.22. The smallest absolute Gasteiger partial charge is 0.408 e. The summed E-state index contributed by atoms with van der Waals surface area (Å²) in [5.41, 5.74) is 2.84. The van der Waals surface area contributed by atoms with E-state index in [4.69, 9.17) is 4.42 Å². The highest BCUT2D eigenvalue weighted by atomic mass is 32.2. The van der Waals surface area contributed by atoms with Crippen LogP contribution in [-0.2, 0) is 21.2 Å². The Kier molecular flexibility index (Phi) is 3.63. The molecule has 2 N–H and O–H groups in total. The minimum absolute atomic E-state index is 0.00575. The van der Waals surface area contributed by atoms with Crippen LogP contribution < -0.4 is 15.4 Å². The Hall–Kier alpha value is -3.07. The van der Waals surface area contributed by atoms with Crippen LogP contribution in [0.4, 0.5) is 11.4 Å². The normalized spacial score (nSPS) is 16.4. The number of hydrogen-bond donors (Lipinski definition) is 2. The maximum Gasteiger partial charge on any atom is 0.417 e. The number of anilines is 2. The molecule has 0 bridgehead atoms. The van der Waals surface area contributed by atoms with Crippen LogP contribution in [-0.4, -0.2) is 25.9 Å². The Labute approximate surface area is 160 Å². The molecule has 2 aliphatic rings. The minimum Gasteiger partial charge on any atom is -0.408 e. The maximum atomic E-state index is 12.7. The highest BCUT2D eigenvalue weighted by molar-refractivity contribution is 7.92. The topological polar surface area (TPSA) is 112 Å². The molecule has 3 aromatic rings. The number of aromatic amines is 1. The third kappa shape index (κ3) is 2.88. The van der Waals surface area contributed by atoms with Crippen molar-refractivity contribution in [1.82, 2.24) is 4.98 Å². The SMILES string of the molecule is O=C(C1CC1)N1CCc2cc(NS(=O)(=O)c3ccc4[nH]c(=O)oc4c3)ccc21. The van der Waals surface area contributed by atoms with Gasteiger partial charge < -0.3 is 9.32 Å². The molecule has 28 heavy (non-hydrogen) atoms. The zero-order valence-electron chi connectivity index (χ0n) is 14.8. The van der Waals surface area contributed by atoms with E-state index >= 15 is 0 Å². The number of carbonyl (C=O) groups excluding carboxylic acids is 1. The molecule has 2 heterocycles. The second-order valence-corrected chi connectivity index (χ2v) is 8.82. The molecule has 0 atom stereocenters. The molecule has 144 valence electrons. The van der Waals surface area contributed by atoms with Crippen LogP contribution in [0.2, 0.25) is 0 Å². The van der Waals surface area contributed by atoms with Gasteiger partial charge in [0, 0.05) is 29.9 Å². The molecule has 1 aliphatic carbocycles. The number of benzene rings is 2. The molecule has 2 aromatic carbocycles. The molecular formula is C19H17N3O5S.